The minimum Gasteiger partial charge on any atom is -0.305 e. The highest BCUT2D eigenvalue weighted by molar-refractivity contribution is 5.83. The molecule has 0 aliphatic heterocycles. The van der Waals surface area contributed by atoms with Crippen LogP contribution in [0.3, 0.4) is 0 Å². The number of hydrogen-bond donors (Lipinski definition) is 2. The van der Waals surface area contributed by atoms with E-state index in [0.717, 1.165) is 22.4 Å². The molecule has 0 bridgehead atoms. The van der Waals surface area contributed by atoms with Crippen LogP contribution in [0.1, 0.15) is 5.69 Å². The van der Waals surface area contributed by atoms with Crippen LogP contribution in [0.2, 0.25) is 0 Å². The predicted octanol–water partition coefficient (Wildman–Crippen LogP) is 1.48. The van der Waals surface area contributed by atoms with E-state index >= 15 is 0 Å². The Morgan fingerprint density at radius 2 is 2.12 bits per heavy atom. The molecule has 3 rings (SSSR count). The lowest BCUT2D eigenvalue weighted by atomic mass is 10.3. The van der Waals surface area contributed by atoms with Crippen molar-refractivity contribution < 1.29 is 0 Å². The number of benzene rings is 1. The van der Waals surface area contributed by atoms with E-state index in [2.05, 4.69) is 15.4 Å². The molecule has 3 aromatic rings. The molecule has 0 aliphatic carbocycles. The fourth-order valence-electron chi connectivity index (χ4n) is 1.92. The molecule has 0 saturated carbocycles. The van der Waals surface area contributed by atoms with Crippen LogP contribution in [-0.4, -0.2) is 14.4 Å². The lowest BCUT2D eigenvalue weighted by molar-refractivity contribution is 1.13. The molecule has 1 aromatic carbocycles. The quantitative estimate of drug-likeness (QED) is 0.474. The Labute approximate surface area is 91.9 Å². The van der Waals surface area contributed by atoms with Gasteiger partial charge in [-0.3, -0.25) is 4.40 Å². The van der Waals surface area contributed by atoms with E-state index in [9.17, 15) is 0 Å². The minimum absolute atomic E-state index is 0.590. The Bertz CT molecular complexity index is 670. The molecule has 0 aliphatic rings. The molecular weight excluding hydrogens is 202 g/mol. The molecule has 80 valence electrons. The summed E-state index contributed by atoms with van der Waals surface area (Å²) in [5, 5.41) is 0. The second kappa shape index (κ2) is 3.18. The average molecular weight is 213 g/mol. The van der Waals surface area contributed by atoms with Crippen LogP contribution in [0.25, 0.3) is 16.7 Å². The lowest BCUT2D eigenvalue weighted by Crippen LogP contribution is -2.11. The van der Waals surface area contributed by atoms with E-state index < -0.39 is 0 Å². The molecule has 16 heavy (non-hydrogen) atoms. The third kappa shape index (κ3) is 1.09. The fraction of sp³-hybridized carbons (Fsp3) is 0.0909. The average Bonchev–Trinajstić information content (AvgIpc) is 2.71. The van der Waals surface area contributed by atoms with Crippen LogP contribution in [-0.2, 0) is 0 Å². The summed E-state index contributed by atoms with van der Waals surface area (Å²) in [7, 11) is 0. The Morgan fingerprint density at radius 3 is 2.94 bits per heavy atom. The lowest BCUT2D eigenvalue weighted by Gasteiger charge is -2.07. The van der Waals surface area contributed by atoms with Crippen molar-refractivity contribution >= 4 is 22.5 Å². The van der Waals surface area contributed by atoms with E-state index in [4.69, 9.17) is 5.84 Å². The van der Waals surface area contributed by atoms with Crippen molar-refractivity contribution in [2.24, 2.45) is 5.84 Å². The maximum absolute atomic E-state index is 5.45. The number of aromatic nitrogens is 3. The zero-order valence-corrected chi connectivity index (χ0v) is 8.81. The number of fused-ring (bicyclic) bond motifs is 3. The van der Waals surface area contributed by atoms with Gasteiger partial charge >= 0.3 is 0 Å². The van der Waals surface area contributed by atoms with Crippen molar-refractivity contribution in [3.63, 3.8) is 0 Å². The van der Waals surface area contributed by atoms with Gasteiger partial charge < -0.3 is 5.43 Å². The van der Waals surface area contributed by atoms with Crippen molar-refractivity contribution in [2.45, 2.75) is 6.92 Å². The highest BCUT2D eigenvalue weighted by atomic mass is 15.3. The molecule has 0 spiro atoms. The number of nitrogens with two attached hydrogens (primary N) is 1. The highest BCUT2D eigenvalue weighted by Gasteiger charge is 2.09. The maximum Gasteiger partial charge on any atom is 0.184 e. The summed E-state index contributed by atoms with van der Waals surface area (Å²) in [5.41, 5.74) is 6.32. The van der Waals surface area contributed by atoms with E-state index in [1.165, 1.54) is 0 Å². The first-order valence-corrected chi connectivity index (χ1v) is 5.00. The monoisotopic (exact) mass is 213 g/mol. The smallest absolute Gasteiger partial charge is 0.184 e. The number of imidazole rings is 1. The van der Waals surface area contributed by atoms with Crippen LogP contribution < -0.4 is 11.3 Å². The van der Waals surface area contributed by atoms with E-state index in [1.54, 1.807) is 0 Å². The van der Waals surface area contributed by atoms with Crippen LogP contribution in [0.15, 0.2) is 30.5 Å². The van der Waals surface area contributed by atoms with Gasteiger partial charge in [0, 0.05) is 11.9 Å². The number of aryl methyl sites for hydroxylation is 1. The van der Waals surface area contributed by atoms with Gasteiger partial charge in [0.1, 0.15) is 0 Å². The van der Waals surface area contributed by atoms with Gasteiger partial charge in [-0.15, -0.1) is 0 Å². The number of hydrazine groups is 1. The summed E-state index contributed by atoms with van der Waals surface area (Å²) in [4.78, 5) is 8.71. The summed E-state index contributed by atoms with van der Waals surface area (Å²) in [5.74, 6) is 6.04. The van der Waals surface area contributed by atoms with Crippen molar-refractivity contribution in [3.8, 4) is 0 Å². The molecule has 0 saturated heterocycles. The minimum atomic E-state index is 0.590. The molecule has 2 aromatic heterocycles. The SMILES string of the molecule is Cc1cnc2c(NN)nc3ccccc3n12. The van der Waals surface area contributed by atoms with Gasteiger partial charge in [0.2, 0.25) is 0 Å². The first-order valence-electron chi connectivity index (χ1n) is 5.00. The zero-order valence-electron chi connectivity index (χ0n) is 8.81. The molecule has 2 heterocycles. The van der Waals surface area contributed by atoms with Gasteiger partial charge in [-0.2, -0.15) is 0 Å². The molecule has 0 unspecified atom stereocenters. The number of nitrogens with one attached hydrogen (secondary N) is 1. The third-order valence-corrected chi connectivity index (χ3v) is 2.64. The molecule has 0 radical (unpaired) electrons. The Hall–Kier alpha value is -2.14. The van der Waals surface area contributed by atoms with Crippen LogP contribution in [0.4, 0.5) is 5.82 Å². The van der Waals surface area contributed by atoms with Crippen molar-refractivity contribution in [2.75, 3.05) is 5.43 Å². The van der Waals surface area contributed by atoms with Crippen molar-refractivity contribution in [3.05, 3.63) is 36.2 Å². The summed E-state index contributed by atoms with van der Waals surface area (Å²) in [6.45, 7) is 2.01. The first-order chi connectivity index (χ1) is 7.81. The summed E-state index contributed by atoms with van der Waals surface area (Å²) in [6.07, 6.45) is 1.81. The topological polar surface area (TPSA) is 68.2 Å². The molecule has 5 nitrogen and oxygen atoms in total. The number of rotatable bonds is 1. The van der Waals surface area contributed by atoms with E-state index in [1.807, 2.05) is 41.8 Å². The fourth-order valence-corrected chi connectivity index (χ4v) is 1.92. The Kier molecular flexibility index (Phi) is 1.81. The molecule has 3 N–H and O–H groups in total. The molecule has 5 heteroatoms. The maximum atomic E-state index is 5.45. The Balaban J connectivity index is 2.60. The molecular formula is C11H11N5. The van der Waals surface area contributed by atoms with Crippen molar-refractivity contribution in [1.82, 2.24) is 14.4 Å². The Morgan fingerprint density at radius 1 is 1.31 bits per heavy atom. The van der Waals surface area contributed by atoms with Crippen LogP contribution >= 0.6 is 0 Å². The summed E-state index contributed by atoms with van der Waals surface area (Å²) >= 11 is 0. The second-order valence-corrected chi connectivity index (χ2v) is 3.65. The van der Waals surface area contributed by atoms with Gasteiger partial charge in [-0.1, -0.05) is 12.1 Å². The van der Waals surface area contributed by atoms with Gasteiger partial charge in [0.05, 0.1) is 11.0 Å². The second-order valence-electron chi connectivity index (χ2n) is 3.65. The number of hydrogen-bond acceptors (Lipinski definition) is 4. The highest BCUT2D eigenvalue weighted by Crippen LogP contribution is 2.21. The molecule has 0 atom stereocenters. The number of anilines is 1. The molecule has 0 fully saturated rings. The first kappa shape index (κ1) is 9.11. The summed E-state index contributed by atoms with van der Waals surface area (Å²) in [6, 6.07) is 7.91. The van der Waals surface area contributed by atoms with Gasteiger partial charge in [0.15, 0.2) is 11.5 Å². The number of nitrogens with zero attached hydrogens (tertiary/aromatic N) is 3. The number of nitrogen functional groups attached to an aromatic ring is 1. The van der Waals surface area contributed by atoms with Crippen molar-refractivity contribution in [1.29, 1.82) is 0 Å². The van der Waals surface area contributed by atoms with Gasteiger partial charge in [0.25, 0.3) is 0 Å². The molecule has 0 amide bonds. The van der Waals surface area contributed by atoms with Crippen LogP contribution in [0, 0.1) is 6.92 Å². The normalized spacial score (nSPS) is 11.1. The van der Waals surface area contributed by atoms with Crippen LogP contribution in [0.5, 0.6) is 0 Å². The van der Waals surface area contributed by atoms with E-state index in [0.29, 0.717) is 5.82 Å². The number of para-hydroxylation sites is 2. The zero-order chi connectivity index (χ0) is 11.1. The standard InChI is InChI=1S/C11H11N5/c1-7-6-13-11-10(15-12)14-8-4-2-3-5-9(8)16(7)11/h2-6H,12H2,1H3,(H,14,15). The van der Waals surface area contributed by atoms with Gasteiger partial charge in [-0.25, -0.2) is 15.8 Å². The third-order valence-electron chi connectivity index (χ3n) is 2.64. The predicted molar refractivity (Wildman–Crippen MR) is 63.0 cm³/mol. The van der Waals surface area contributed by atoms with E-state index in [-0.39, 0.29) is 0 Å². The van der Waals surface area contributed by atoms with Gasteiger partial charge in [-0.05, 0) is 19.1 Å². The largest absolute Gasteiger partial charge is 0.305 e. The summed E-state index contributed by atoms with van der Waals surface area (Å²) < 4.78 is 2.04.